The van der Waals surface area contributed by atoms with Gasteiger partial charge in [0.1, 0.15) is 6.54 Å². The number of primary sulfonamides is 1. The van der Waals surface area contributed by atoms with E-state index in [2.05, 4.69) is 6.92 Å². The molecule has 0 spiro atoms. The average Bonchev–Trinajstić information content (AvgIpc) is 2.58. The average molecular weight is 356 g/mol. The minimum Gasteiger partial charge on any atom is -0.333 e. The number of amides is 1. The highest BCUT2D eigenvalue weighted by Crippen LogP contribution is 2.07. The number of quaternary nitrogens is 2. The van der Waals surface area contributed by atoms with E-state index in [9.17, 15) is 13.2 Å². The van der Waals surface area contributed by atoms with E-state index in [0.29, 0.717) is 6.54 Å². The van der Waals surface area contributed by atoms with Gasteiger partial charge in [-0.15, -0.1) is 0 Å². The molecule has 1 aliphatic rings. The van der Waals surface area contributed by atoms with Gasteiger partial charge in [-0.3, -0.25) is 4.79 Å². The topological polar surface area (TPSA) is 102 Å². The van der Waals surface area contributed by atoms with Crippen LogP contribution in [0.15, 0.2) is 29.2 Å². The lowest BCUT2D eigenvalue weighted by Crippen LogP contribution is -3.14. The quantitative estimate of drug-likeness (QED) is 0.527. The van der Waals surface area contributed by atoms with Crippen molar-refractivity contribution in [2.24, 2.45) is 5.14 Å². The highest BCUT2D eigenvalue weighted by Gasteiger charge is 2.27. The van der Waals surface area contributed by atoms with Crippen LogP contribution >= 0.6 is 0 Å². The van der Waals surface area contributed by atoms with Crippen LogP contribution in [0.5, 0.6) is 0 Å². The Morgan fingerprint density at radius 2 is 1.88 bits per heavy atom. The summed E-state index contributed by atoms with van der Waals surface area (Å²) in [5, 5.41) is 7.06. The number of carbonyl (C=O) groups is 1. The van der Waals surface area contributed by atoms with E-state index in [4.69, 9.17) is 5.14 Å². The van der Waals surface area contributed by atoms with Gasteiger partial charge < -0.3 is 15.1 Å². The fraction of sp³-hybridized carbons (Fsp3) is 0.562. The molecule has 0 radical (unpaired) electrons. The van der Waals surface area contributed by atoms with Crippen LogP contribution in [0.25, 0.3) is 0 Å². The van der Waals surface area contributed by atoms with Gasteiger partial charge in [0.15, 0.2) is 6.04 Å². The summed E-state index contributed by atoms with van der Waals surface area (Å²) >= 11 is 0. The standard InChI is InChI=1S/C16H26N4O3S/c1-3-19-8-10-20(11-9-19)16(21)13(2)18-12-14-4-6-15(7-5-14)24(17,22)23/h4-7,13,18H,3,8-12H2,1-2H3,(H2,17,22,23)/p+2/t13-/m0/s1. The molecule has 0 saturated carbocycles. The summed E-state index contributed by atoms with van der Waals surface area (Å²) in [6.07, 6.45) is 0. The summed E-state index contributed by atoms with van der Waals surface area (Å²) in [6.45, 7) is 9.50. The molecule has 1 amide bonds. The number of nitrogens with zero attached hydrogens (tertiary/aromatic N) is 1. The number of piperazine rings is 1. The maximum Gasteiger partial charge on any atom is 0.280 e. The maximum absolute atomic E-state index is 12.5. The van der Waals surface area contributed by atoms with Crippen LogP contribution in [-0.4, -0.2) is 58.0 Å². The van der Waals surface area contributed by atoms with E-state index in [0.717, 1.165) is 38.3 Å². The van der Waals surface area contributed by atoms with Crippen molar-refractivity contribution in [2.45, 2.75) is 31.3 Å². The zero-order valence-electron chi connectivity index (χ0n) is 14.4. The molecule has 1 aliphatic heterocycles. The zero-order valence-corrected chi connectivity index (χ0v) is 15.2. The van der Waals surface area contributed by atoms with Gasteiger partial charge in [-0.25, -0.2) is 13.6 Å². The van der Waals surface area contributed by atoms with Gasteiger partial charge in [-0.05, 0) is 26.0 Å². The van der Waals surface area contributed by atoms with E-state index >= 15 is 0 Å². The lowest BCUT2D eigenvalue weighted by atomic mass is 10.2. The molecule has 1 heterocycles. The van der Waals surface area contributed by atoms with Gasteiger partial charge in [0.25, 0.3) is 5.91 Å². The third-order valence-corrected chi connectivity index (χ3v) is 5.56. The predicted octanol–water partition coefficient (Wildman–Crippen LogP) is -2.47. The molecule has 7 nitrogen and oxygen atoms in total. The molecular weight excluding hydrogens is 328 g/mol. The smallest absolute Gasteiger partial charge is 0.280 e. The van der Waals surface area contributed by atoms with Crippen LogP contribution < -0.4 is 15.4 Å². The highest BCUT2D eigenvalue weighted by molar-refractivity contribution is 7.89. The number of likely N-dealkylation sites (N-methyl/N-ethyl adjacent to an activating group) is 1. The molecule has 1 saturated heterocycles. The molecule has 0 aromatic heterocycles. The van der Waals surface area contributed by atoms with E-state index in [1.54, 1.807) is 17.0 Å². The molecule has 2 rings (SSSR count). The van der Waals surface area contributed by atoms with Crippen molar-refractivity contribution in [3.8, 4) is 0 Å². The van der Waals surface area contributed by atoms with Crippen molar-refractivity contribution in [2.75, 3.05) is 32.7 Å². The third-order valence-electron chi connectivity index (χ3n) is 4.63. The number of hydrogen-bond acceptors (Lipinski definition) is 3. The summed E-state index contributed by atoms with van der Waals surface area (Å²) < 4.78 is 22.5. The first-order chi connectivity index (χ1) is 11.3. The molecule has 0 bridgehead atoms. The van der Waals surface area contributed by atoms with Crippen molar-refractivity contribution in [3.63, 3.8) is 0 Å². The molecule has 24 heavy (non-hydrogen) atoms. The SMILES string of the molecule is CC[NH+]1CCN(C(=O)[C@H](C)[NH2+]Cc2ccc(S(N)(=O)=O)cc2)CC1. The molecule has 8 heteroatoms. The second kappa shape index (κ2) is 8.06. The van der Waals surface area contributed by atoms with Gasteiger partial charge in [0.05, 0.1) is 37.6 Å². The van der Waals surface area contributed by atoms with Crippen LogP contribution in [0.4, 0.5) is 0 Å². The summed E-state index contributed by atoms with van der Waals surface area (Å²) in [7, 11) is -3.66. The van der Waals surface area contributed by atoms with Crippen LogP contribution in [-0.2, 0) is 21.4 Å². The van der Waals surface area contributed by atoms with Crippen LogP contribution in [0, 0.1) is 0 Å². The number of rotatable bonds is 6. The summed E-state index contributed by atoms with van der Waals surface area (Å²) in [6, 6.07) is 6.31. The van der Waals surface area contributed by atoms with Crippen LogP contribution in [0.3, 0.4) is 0 Å². The van der Waals surface area contributed by atoms with Crippen LogP contribution in [0.2, 0.25) is 0 Å². The molecular formula is C16H28N4O3S+2. The van der Waals surface area contributed by atoms with Crippen molar-refractivity contribution in [1.82, 2.24) is 4.90 Å². The van der Waals surface area contributed by atoms with Gasteiger partial charge in [0.2, 0.25) is 10.0 Å². The largest absolute Gasteiger partial charge is 0.333 e. The first kappa shape index (κ1) is 18.9. The normalized spacial score (nSPS) is 17.7. The van der Waals surface area contributed by atoms with Crippen molar-refractivity contribution in [1.29, 1.82) is 0 Å². The van der Waals surface area contributed by atoms with Gasteiger partial charge in [-0.2, -0.15) is 0 Å². The van der Waals surface area contributed by atoms with E-state index in [1.165, 1.54) is 12.1 Å². The van der Waals surface area contributed by atoms with Gasteiger partial charge in [0, 0.05) is 5.56 Å². The monoisotopic (exact) mass is 356 g/mol. The Balaban J connectivity index is 1.84. The Hall–Kier alpha value is -1.48. The predicted molar refractivity (Wildman–Crippen MR) is 90.7 cm³/mol. The number of hydrogen-bond donors (Lipinski definition) is 3. The second-order valence-corrected chi connectivity index (χ2v) is 7.91. The number of nitrogens with one attached hydrogen (secondary N) is 1. The molecule has 134 valence electrons. The third kappa shape index (κ3) is 5.01. The maximum atomic E-state index is 12.5. The molecule has 0 aliphatic carbocycles. The zero-order chi connectivity index (χ0) is 17.7. The molecule has 1 aromatic rings. The van der Waals surface area contributed by atoms with Crippen molar-refractivity contribution < 1.29 is 23.4 Å². The Kier molecular flexibility index (Phi) is 6.34. The lowest BCUT2D eigenvalue weighted by Gasteiger charge is -2.32. The fourth-order valence-electron chi connectivity index (χ4n) is 2.91. The Morgan fingerprint density at radius 1 is 1.29 bits per heavy atom. The molecule has 1 aromatic carbocycles. The van der Waals surface area contributed by atoms with Gasteiger partial charge >= 0.3 is 0 Å². The first-order valence-corrected chi connectivity index (χ1v) is 9.93. The Labute approximate surface area is 143 Å². The minimum atomic E-state index is -3.66. The number of sulfonamides is 1. The molecule has 0 unspecified atom stereocenters. The number of nitrogens with two attached hydrogens (primary N) is 2. The summed E-state index contributed by atoms with van der Waals surface area (Å²) in [5.74, 6) is 0.173. The van der Waals surface area contributed by atoms with E-state index in [-0.39, 0.29) is 16.8 Å². The second-order valence-electron chi connectivity index (χ2n) is 6.35. The van der Waals surface area contributed by atoms with E-state index < -0.39 is 10.0 Å². The lowest BCUT2D eigenvalue weighted by molar-refractivity contribution is -0.902. The van der Waals surface area contributed by atoms with Crippen LogP contribution in [0.1, 0.15) is 19.4 Å². The Bertz CT molecular complexity index is 652. The molecule has 1 fully saturated rings. The minimum absolute atomic E-state index is 0.103. The number of benzene rings is 1. The summed E-state index contributed by atoms with van der Waals surface area (Å²) in [4.78, 5) is 16.1. The van der Waals surface area contributed by atoms with Crippen molar-refractivity contribution >= 4 is 15.9 Å². The first-order valence-electron chi connectivity index (χ1n) is 8.38. The fourth-order valence-corrected chi connectivity index (χ4v) is 3.43. The molecule has 1 atom stereocenters. The van der Waals surface area contributed by atoms with E-state index in [1.807, 2.05) is 17.1 Å². The summed E-state index contributed by atoms with van der Waals surface area (Å²) in [5.41, 5.74) is 0.960. The van der Waals surface area contributed by atoms with Gasteiger partial charge in [-0.1, -0.05) is 12.1 Å². The Morgan fingerprint density at radius 3 is 2.38 bits per heavy atom. The number of carbonyl (C=O) groups excluding carboxylic acids is 1. The highest BCUT2D eigenvalue weighted by atomic mass is 32.2. The molecule has 5 N–H and O–H groups in total. The van der Waals surface area contributed by atoms with Crippen molar-refractivity contribution in [3.05, 3.63) is 29.8 Å².